The summed E-state index contributed by atoms with van der Waals surface area (Å²) in [6.45, 7) is 0. The van der Waals surface area contributed by atoms with Gasteiger partial charge in [-0.3, -0.25) is 9.78 Å². The van der Waals surface area contributed by atoms with Crippen LogP contribution in [-0.4, -0.2) is 17.9 Å². The van der Waals surface area contributed by atoms with Crippen molar-refractivity contribution >= 4 is 40.5 Å². The van der Waals surface area contributed by atoms with Crippen molar-refractivity contribution in [1.29, 1.82) is 0 Å². The van der Waals surface area contributed by atoms with Gasteiger partial charge in [0.15, 0.2) is 0 Å². The number of hydrogen-bond acceptors (Lipinski definition) is 3. The largest absolute Gasteiger partial charge is 0.397 e. The third-order valence-electron chi connectivity index (χ3n) is 2.66. The molecule has 0 aliphatic rings. The number of nitrogens with two attached hydrogens (primary N) is 1. The Morgan fingerprint density at radius 2 is 2.05 bits per heavy atom. The normalized spacial score (nSPS) is 10.3. The molecule has 1 aromatic carbocycles. The van der Waals surface area contributed by atoms with E-state index in [1.165, 1.54) is 17.3 Å². The Morgan fingerprint density at radius 3 is 2.74 bits per heavy atom. The van der Waals surface area contributed by atoms with E-state index < -0.39 is 0 Å². The van der Waals surface area contributed by atoms with Crippen molar-refractivity contribution in [1.82, 2.24) is 4.98 Å². The molecule has 98 valence electrons. The second-order valence-corrected chi connectivity index (χ2v) is 4.77. The molecule has 0 unspecified atom stereocenters. The Morgan fingerprint density at radius 1 is 1.32 bits per heavy atom. The minimum absolute atomic E-state index is 0.277. The molecule has 2 rings (SSSR count). The van der Waals surface area contributed by atoms with Crippen LogP contribution in [0.3, 0.4) is 0 Å². The van der Waals surface area contributed by atoms with Crippen molar-refractivity contribution in [3.05, 3.63) is 52.3 Å². The molecule has 6 heteroatoms. The van der Waals surface area contributed by atoms with Crippen LogP contribution in [0.5, 0.6) is 0 Å². The minimum atomic E-state index is -0.277. The van der Waals surface area contributed by atoms with Gasteiger partial charge in [-0.2, -0.15) is 0 Å². The lowest BCUT2D eigenvalue weighted by atomic mass is 10.2. The average molecular weight is 296 g/mol. The first kappa shape index (κ1) is 13.6. The minimum Gasteiger partial charge on any atom is -0.397 e. The molecule has 1 heterocycles. The van der Waals surface area contributed by atoms with Crippen molar-refractivity contribution < 1.29 is 4.79 Å². The van der Waals surface area contributed by atoms with Crippen LogP contribution in [-0.2, 0) is 0 Å². The second-order valence-electron chi connectivity index (χ2n) is 3.92. The maximum absolute atomic E-state index is 12.3. The first-order valence-corrected chi connectivity index (χ1v) is 6.19. The molecule has 1 amide bonds. The molecule has 0 aliphatic carbocycles. The fourth-order valence-corrected chi connectivity index (χ4v) is 2.01. The summed E-state index contributed by atoms with van der Waals surface area (Å²) < 4.78 is 0. The van der Waals surface area contributed by atoms with Crippen molar-refractivity contribution in [2.45, 2.75) is 0 Å². The smallest absolute Gasteiger partial charge is 0.259 e. The highest BCUT2D eigenvalue weighted by molar-refractivity contribution is 6.34. The van der Waals surface area contributed by atoms with Gasteiger partial charge in [-0.1, -0.05) is 23.2 Å². The fraction of sp³-hybridized carbons (Fsp3) is 0.0769. The maximum atomic E-state index is 12.3. The number of pyridine rings is 1. The van der Waals surface area contributed by atoms with Crippen molar-refractivity contribution in [3.63, 3.8) is 0 Å². The lowest BCUT2D eigenvalue weighted by Gasteiger charge is -2.20. The summed E-state index contributed by atoms with van der Waals surface area (Å²) in [5, 5.41) is 0.796. The van der Waals surface area contributed by atoms with Crippen LogP contribution < -0.4 is 10.6 Å². The zero-order valence-corrected chi connectivity index (χ0v) is 11.6. The maximum Gasteiger partial charge on any atom is 0.259 e. The molecule has 0 saturated carbocycles. The molecule has 2 aromatic rings. The highest BCUT2D eigenvalue weighted by atomic mass is 35.5. The Kier molecular flexibility index (Phi) is 3.93. The SMILES string of the molecule is CN(C(=O)c1ccncc1Cl)c1cc(Cl)ccc1N. The van der Waals surface area contributed by atoms with Crippen LogP contribution in [0, 0.1) is 0 Å². The highest BCUT2D eigenvalue weighted by Gasteiger charge is 2.18. The van der Waals surface area contributed by atoms with E-state index in [1.54, 1.807) is 31.3 Å². The Balaban J connectivity index is 2.39. The summed E-state index contributed by atoms with van der Waals surface area (Å²) in [5.41, 5.74) is 7.20. The van der Waals surface area contributed by atoms with Gasteiger partial charge in [0.25, 0.3) is 5.91 Å². The first-order valence-electron chi connectivity index (χ1n) is 5.43. The van der Waals surface area contributed by atoms with Gasteiger partial charge in [0.05, 0.1) is 22.0 Å². The van der Waals surface area contributed by atoms with E-state index in [0.717, 1.165) is 0 Å². The molecule has 4 nitrogen and oxygen atoms in total. The summed E-state index contributed by atoms with van der Waals surface area (Å²) >= 11 is 11.9. The zero-order valence-electron chi connectivity index (χ0n) is 10.1. The van der Waals surface area contributed by atoms with Gasteiger partial charge in [0.1, 0.15) is 0 Å². The van der Waals surface area contributed by atoms with Crippen molar-refractivity contribution in [2.24, 2.45) is 0 Å². The predicted molar refractivity (Wildman–Crippen MR) is 77.8 cm³/mol. The quantitative estimate of drug-likeness (QED) is 0.865. The van der Waals surface area contributed by atoms with E-state index in [0.29, 0.717) is 27.0 Å². The Hall–Kier alpha value is -1.78. The first-order chi connectivity index (χ1) is 9.00. The number of benzene rings is 1. The molecular weight excluding hydrogens is 285 g/mol. The van der Waals surface area contributed by atoms with E-state index in [-0.39, 0.29) is 5.91 Å². The number of aromatic nitrogens is 1. The van der Waals surface area contributed by atoms with E-state index in [4.69, 9.17) is 28.9 Å². The van der Waals surface area contributed by atoms with Crippen molar-refractivity contribution in [2.75, 3.05) is 17.7 Å². The number of rotatable bonds is 2. The average Bonchev–Trinajstić information content (AvgIpc) is 2.40. The summed E-state index contributed by atoms with van der Waals surface area (Å²) in [7, 11) is 1.61. The summed E-state index contributed by atoms with van der Waals surface area (Å²) in [6.07, 6.45) is 2.93. The van der Waals surface area contributed by atoms with Crippen LogP contribution in [0.15, 0.2) is 36.7 Å². The molecule has 0 spiro atoms. The van der Waals surface area contributed by atoms with E-state index in [2.05, 4.69) is 4.98 Å². The van der Waals surface area contributed by atoms with Gasteiger partial charge >= 0.3 is 0 Å². The van der Waals surface area contributed by atoms with Gasteiger partial charge in [-0.05, 0) is 24.3 Å². The molecule has 0 atom stereocenters. The highest BCUT2D eigenvalue weighted by Crippen LogP contribution is 2.28. The molecule has 2 N–H and O–H groups in total. The Labute approximate surface area is 120 Å². The molecule has 1 aromatic heterocycles. The molecule has 0 radical (unpaired) electrons. The van der Waals surface area contributed by atoms with Gasteiger partial charge < -0.3 is 10.6 Å². The zero-order chi connectivity index (χ0) is 14.0. The number of halogens is 2. The standard InChI is InChI=1S/C13H11Cl2N3O/c1-18(12-6-8(14)2-3-11(12)16)13(19)9-4-5-17-7-10(9)15/h2-7H,16H2,1H3. The lowest BCUT2D eigenvalue weighted by Crippen LogP contribution is -2.27. The van der Waals surface area contributed by atoms with Crippen molar-refractivity contribution in [3.8, 4) is 0 Å². The molecule has 0 saturated heterocycles. The molecule has 0 bridgehead atoms. The van der Waals surface area contributed by atoms with Gasteiger partial charge in [0.2, 0.25) is 0 Å². The molecule has 19 heavy (non-hydrogen) atoms. The number of carbonyl (C=O) groups is 1. The topological polar surface area (TPSA) is 59.2 Å². The fourth-order valence-electron chi connectivity index (χ4n) is 1.65. The predicted octanol–water partition coefficient (Wildman–Crippen LogP) is 3.25. The summed E-state index contributed by atoms with van der Waals surface area (Å²) in [5.74, 6) is -0.277. The number of amides is 1. The van der Waals surface area contributed by atoms with Crippen LogP contribution in [0.1, 0.15) is 10.4 Å². The van der Waals surface area contributed by atoms with Gasteiger partial charge in [0, 0.05) is 24.5 Å². The second kappa shape index (κ2) is 5.47. The van der Waals surface area contributed by atoms with Crippen LogP contribution in [0.4, 0.5) is 11.4 Å². The van der Waals surface area contributed by atoms with E-state index >= 15 is 0 Å². The number of nitrogen functional groups attached to an aromatic ring is 1. The van der Waals surface area contributed by atoms with Gasteiger partial charge in [-0.15, -0.1) is 0 Å². The number of anilines is 2. The molecule has 0 aliphatic heterocycles. The van der Waals surface area contributed by atoms with Crippen LogP contribution >= 0.6 is 23.2 Å². The Bertz CT molecular complexity index is 631. The van der Waals surface area contributed by atoms with Crippen LogP contribution in [0.25, 0.3) is 0 Å². The van der Waals surface area contributed by atoms with E-state index in [1.807, 2.05) is 0 Å². The number of carbonyl (C=O) groups excluding carboxylic acids is 1. The third kappa shape index (κ3) is 2.80. The summed E-state index contributed by atoms with van der Waals surface area (Å²) in [4.78, 5) is 17.6. The van der Waals surface area contributed by atoms with E-state index in [9.17, 15) is 4.79 Å². The number of nitrogens with zero attached hydrogens (tertiary/aromatic N) is 2. The third-order valence-corrected chi connectivity index (χ3v) is 3.20. The van der Waals surface area contributed by atoms with Crippen LogP contribution in [0.2, 0.25) is 10.0 Å². The summed E-state index contributed by atoms with van der Waals surface area (Å²) in [6, 6.07) is 6.50. The monoisotopic (exact) mass is 295 g/mol. The molecule has 0 fully saturated rings. The lowest BCUT2D eigenvalue weighted by molar-refractivity contribution is 0.0993. The van der Waals surface area contributed by atoms with Gasteiger partial charge in [-0.25, -0.2) is 0 Å². The molecular formula is C13H11Cl2N3O. The number of hydrogen-bond donors (Lipinski definition) is 1.